The lowest BCUT2D eigenvalue weighted by molar-refractivity contribution is 0.392. The molecule has 1 aromatic carbocycles. The molecule has 0 radical (unpaired) electrons. The van der Waals surface area contributed by atoms with E-state index in [-0.39, 0.29) is 28.9 Å². The fraction of sp³-hybridized carbons (Fsp3) is 0.333. The number of nitrogens with two attached hydrogens (primary N) is 1. The van der Waals surface area contributed by atoms with E-state index < -0.39 is 10.0 Å². The predicted octanol–water partition coefficient (Wildman–Crippen LogP) is 1.42. The van der Waals surface area contributed by atoms with E-state index in [1.165, 1.54) is 12.1 Å². The van der Waals surface area contributed by atoms with E-state index in [0.29, 0.717) is 19.0 Å². The molecule has 0 unspecified atom stereocenters. The minimum absolute atomic E-state index is 0. The van der Waals surface area contributed by atoms with Gasteiger partial charge in [-0.15, -0.1) is 24.0 Å². The lowest BCUT2D eigenvalue weighted by atomic mass is 10.2. The van der Waals surface area contributed by atoms with Crippen molar-refractivity contribution in [2.45, 2.75) is 31.8 Å². The van der Waals surface area contributed by atoms with Gasteiger partial charge in [0, 0.05) is 25.7 Å². The molecule has 8 nitrogen and oxygen atoms in total. The highest BCUT2D eigenvalue weighted by atomic mass is 127. The monoisotopic (exact) mass is 479 g/mol. The molecule has 0 atom stereocenters. The van der Waals surface area contributed by atoms with Crippen molar-refractivity contribution in [1.82, 2.24) is 15.8 Å². The quantitative estimate of drug-likeness (QED) is 0.339. The summed E-state index contributed by atoms with van der Waals surface area (Å²) in [4.78, 5) is 4.22. The molecule has 0 bridgehead atoms. The summed E-state index contributed by atoms with van der Waals surface area (Å²) in [5.41, 5.74) is 2.59. The van der Waals surface area contributed by atoms with Crippen LogP contribution in [-0.2, 0) is 23.1 Å². The number of aryl methyl sites for hydroxylation is 2. The zero-order valence-corrected chi connectivity index (χ0v) is 17.4. The molecule has 0 aliphatic carbocycles. The van der Waals surface area contributed by atoms with Crippen LogP contribution in [0.3, 0.4) is 0 Å². The highest BCUT2D eigenvalue weighted by Gasteiger charge is 2.10. The molecule has 0 aliphatic heterocycles. The second-order valence-electron chi connectivity index (χ2n) is 5.27. The third-order valence-electron chi connectivity index (χ3n) is 3.52. The normalized spacial score (nSPS) is 11.8. The van der Waals surface area contributed by atoms with Gasteiger partial charge < -0.3 is 15.2 Å². The summed E-state index contributed by atoms with van der Waals surface area (Å²) in [5.74, 6) is 1.34. The van der Waals surface area contributed by atoms with Crippen LogP contribution < -0.4 is 15.8 Å². The average Bonchev–Trinajstić information content (AvgIpc) is 2.86. The largest absolute Gasteiger partial charge is 0.361 e. The molecule has 0 fully saturated rings. The fourth-order valence-electron chi connectivity index (χ4n) is 2.17. The van der Waals surface area contributed by atoms with Crippen molar-refractivity contribution >= 4 is 40.0 Å². The van der Waals surface area contributed by atoms with E-state index in [2.05, 4.69) is 20.8 Å². The zero-order valence-electron chi connectivity index (χ0n) is 14.2. The number of sulfonamides is 1. The van der Waals surface area contributed by atoms with Crippen LogP contribution in [0.5, 0.6) is 0 Å². The Morgan fingerprint density at radius 3 is 2.52 bits per heavy atom. The van der Waals surface area contributed by atoms with Gasteiger partial charge in [0.2, 0.25) is 10.0 Å². The van der Waals surface area contributed by atoms with Crippen LogP contribution >= 0.6 is 24.0 Å². The summed E-state index contributed by atoms with van der Waals surface area (Å²) in [5, 5.41) is 15.3. The molecule has 1 aromatic heterocycles. The first kappa shape index (κ1) is 21.4. The Kier molecular flexibility index (Phi) is 7.83. The molecular formula is C15H22IN5O3S. The maximum atomic E-state index is 11.4. The molecule has 10 heteroatoms. The first-order chi connectivity index (χ1) is 11.3. The van der Waals surface area contributed by atoms with Crippen molar-refractivity contribution in [2.75, 3.05) is 7.05 Å². The fourth-order valence-corrected chi connectivity index (χ4v) is 2.75. The van der Waals surface area contributed by atoms with Crippen molar-refractivity contribution in [2.24, 2.45) is 10.1 Å². The average molecular weight is 479 g/mol. The van der Waals surface area contributed by atoms with Gasteiger partial charge in [0.05, 0.1) is 10.6 Å². The summed E-state index contributed by atoms with van der Waals surface area (Å²) in [6.45, 7) is 4.66. The maximum Gasteiger partial charge on any atom is 0.238 e. The molecule has 0 amide bonds. The number of hydrogen-bond acceptors (Lipinski definition) is 5. The molecule has 1 heterocycles. The van der Waals surface area contributed by atoms with Crippen LogP contribution in [0.25, 0.3) is 0 Å². The van der Waals surface area contributed by atoms with Crippen molar-refractivity contribution in [3.05, 3.63) is 46.8 Å². The number of aromatic nitrogens is 1. The molecule has 0 saturated heterocycles. The van der Waals surface area contributed by atoms with Gasteiger partial charge in [-0.2, -0.15) is 0 Å². The Balaban J connectivity index is 0.00000312. The SMILES string of the molecule is CN=C(NCc1cccc(S(N)(=O)=O)c1)NCc1c(C)noc1C.I. The number of halogens is 1. The van der Waals surface area contributed by atoms with E-state index in [1.807, 2.05) is 19.9 Å². The van der Waals surface area contributed by atoms with Crippen LogP contribution in [0.1, 0.15) is 22.6 Å². The first-order valence-corrected chi connectivity index (χ1v) is 8.84. The summed E-state index contributed by atoms with van der Waals surface area (Å²) < 4.78 is 27.9. The van der Waals surface area contributed by atoms with Crippen LogP contribution in [0.2, 0.25) is 0 Å². The third kappa shape index (κ3) is 5.97. The zero-order chi connectivity index (χ0) is 17.7. The van der Waals surface area contributed by atoms with Crippen molar-refractivity contribution in [3.63, 3.8) is 0 Å². The molecule has 0 aliphatic rings. The van der Waals surface area contributed by atoms with E-state index >= 15 is 0 Å². The standard InChI is InChI=1S/C15H21N5O3S.HI/c1-10-14(11(2)23-20-10)9-19-15(17-3)18-8-12-5-4-6-13(7-12)24(16,21)22;/h4-7H,8-9H2,1-3H3,(H2,16,21,22)(H2,17,18,19);1H. The second-order valence-corrected chi connectivity index (χ2v) is 6.84. The van der Waals surface area contributed by atoms with Gasteiger partial charge in [-0.25, -0.2) is 13.6 Å². The molecule has 2 aromatic rings. The molecule has 25 heavy (non-hydrogen) atoms. The second kappa shape index (κ2) is 9.15. The Morgan fingerprint density at radius 2 is 1.96 bits per heavy atom. The van der Waals surface area contributed by atoms with Crippen molar-refractivity contribution in [1.29, 1.82) is 0 Å². The van der Waals surface area contributed by atoms with E-state index in [9.17, 15) is 8.42 Å². The minimum atomic E-state index is -3.71. The molecule has 0 saturated carbocycles. The Bertz CT molecular complexity index is 829. The van der Waals surface area contributed by atoms with Crippen molar-refractivity contribution in [3.8, 4) is 0 Å². The highest BCUT2D eigenvalue weighted by Crippen LogP contribution is 2.11. The van der Waals surface area contributed by atoms with Gasteiger partial charge in [-0.05, 0) is 31.5 Å². The first-order valence-electron chi connectivity index (χ1n) is 7.29. The molecular weight excluding hydrogens is 457 g/mol. The Morgan fingerprint density at radius 1 is 1.28 bits per heavy atom. The lowest BCUT2D eigenvalue weighted by Gasteiger charge is -2.12. The summed E-state index contributed by atoms with van der Waals surface area (Å²) in [6, 6.07) is 6.45. The predicted molar refractivity (Wildman–Crippen MR) is 106 cm³/mol. The topological polar surface area (TPSA) is 123 Å². The van der Waals surface area contributed by atoms with Gasteiger partial charge in [0.25, 0.3) is 0 Å². The van der Waals surface area contributed by atoms with Crippen LogP contribution in [-0.4, -0.2) is 26.6 Å². The minimum Gasteiger partial charge on any atom is -0.361 e. The van der Waals surface area contributed by atoms with Crippen LogP contribution in [0, 0.1) is 13.8 Å². The number of nitrogens with one attached hydrogen (secondary N) is 2. The summed E-state index contributed by atoms with van der Waals surface area (Å²) >= 11 is 0. The van der Waals surface area contributed by atoms with Gasteiger partial charge in [-0.3, -0.25) is 4.99 Å². The number of rotatable bonds is 5. The van der Waals surface area contributed by atoms with Crippen molar-refractivity contribution < 1.29 is 12.9 Å². The van der Waals surface area contributed by atoms with Gasteiger partial charge >= 0.3 is 0 Å². The number of hydrogen-bond donors (Lipinski definition) is 3. The number of nitrogens with zero attached hydrogens (tertiary/aromatic N) is 2. The summed E-state index contributed by atoms with van der Waals surface area (Å²) in [7, 11) is -2.05. The Labute approximate surface area is 164 Å². The number of aliphatic imine (C=N–C) groups is 1. The molecule has 0 spiro atoms. The lowest BCUT2D eigenvalue weighted by Crippen LogP contribution is -2.36. The maximum absolute atomic E-state index is 11.4. The summed E-state index contributed by atoms with van der Waals surface area (Å²) in [6.07, 6.45) is 0. The highest BCUT2D eigenvalue weighted by molar-refractivity contribution is 14.0. The van der Waals surface area contributed by atoms with Gasteiger partial charge in [0.1, 0.15) is 5.76 Å². The Hall–Kier alpha value is -1.66. The van der Waals surface area contributed by atoms with E-state index in [1.54, 1.807) is 13.1 Å². The molecule has 138 valence electrons. The van der Waals surface area contributed by atoms with Gasteiger partial charge in [0.15, 0.2) is 5.96 Å². The third-order valence-corrected chi connectivity index (χ3v) is 4.44. The van der Waals surface area contributed by atoms with Gasteiger partial charge in [-0.1, -0.05) is 17.3 Å². The number of guanidine groups is 1. The molecule has 2 rings (SSSR count). The smallest absolute Gasteiger partial charge is 0.238 e. The molecule has 4 N–H and O–H groups in total. The number of benzene rings is 1. The van der Waals surface area contributed by atoms with E-state index in [4.69, 9.17) is 9.66 Å². The van der Waals surface area contributed by atoms with Crippen LogP contribution in [0.15, 0.2) is 38.7 Å². The number of primary sulfonamides is 1. The van der Waals surface area contributed by atoms with Crippen LogP contribution in [0.4, 0.5) is 0 Å². The van der Waals surface area contributed by atoms with E-state index in [0.717, 1.165) is 22.6 Å².